The molecule has 0 aromatic carbocycles. The van der Waals surface area contributed by atoms with Crippen LogP contribution in [0.3, 0.4) is 0 Å². The van der Waals surface area contributed by atoms with Crippen LogP contribution in [0.15, 0.2) is 0 Å². The molecule has 0 rings (SSSR count). The third-order valence-corrected chi connectivity index (χ3v) is 0. The van der Waals surface area contributed by atoms with E-state index in [1.165, 1.54) is 0 Å². The van der Waals surface area contributed by atoms with Crippen molar-refractivity contribution in [3.63, 3.8) is 0 Å². The molecule has 0 unspecified atom stereocenters. The summed E-state index contributed by atoms with van der Waals surface area (Å²) in [6.07, 6.45) is 0. The fourth-order valence-corrected chi connectivity index (χ4v) is 0. The molecule has 0 fully saturated rings. The first-order valence-electron chi connectivity index (χ1n) is 1.56. The van der Waals surface area contributed by atoms with Gasteiger partial charge in [0.1, 0.15) is 0 Å². The zero-order valence-electron chi connectivity index (χ0n) is 4.28. The van der Waals surface area contributed by atoms with Gasteiger partial charge >= 0.3 is 0 Å². The van der Waals surface area contributed by atoms with Crippen molar-refractivity contribution in [2.45, 2.75) is 13.8 Å². The summed E-state index contributed by atoms with van der Waals surface area (Å²) < 4.78 is 0. The minimum absolute atomic E-state index is 0. The first kappa shape index (κ1) is 15.9. The SMILES string of the molecule is O.[CH2-]C(C)C.[Ti]. The molecular weight excluding hydrogens is 112 g/mol. The van der Waals surface area contributed by atoms with Crippen LogP contribution in [0.1, 0.15) is 13.8 Å². The second kappa shape index (κ2) is 9.18. The number of rotatable bonds is 0. The molecule has 0 spiro atoms. The van der Waals surface area contributed by atoms with Crippen LogP contribution in [0, 0.1) is 12.8 Å². The topological polar surface area (TPSA) is 31.5 Å². The standard InChI is InChI=1S/C4H9.H2O.Ti/c1-4(2)3;;/h4H,1H2,2-3H3;1H2;/q-1;;. The molecule has 0 aliphatic rings. The van der Waals surface area contributed by atoms with E-state index < -0.39 is 0 Å². The van der Waals surface area contributed by atoms with E-state index in [1.54, 1.807) is 0 Å². The molecular formula is C4H11OTi-. The van der Waals surface area contributed by atoms with Gasteiger partial charge in [-0.1, -0.05) is 13.8 Å². The van der Waals surface area contributed by atoms with Crippen LogP contribution in [0.25, 0.3) is 0 Å². The molecule has 0 saturated carbocycles. The van der Waals surface area contributed by atoms with Crippen molar-refractivity contribution in [3.05, 3.63) is 6.92 Å². The molecule has 0 aliphatic carbocycles. The molecule has 0 saturated heterocycles. The van der Waals surface area contributed by atoms with Crippen molar-refractivity contribution in [1.29, 1.82) is 0 Å². The zero-order chi connectivity index (χ0) is 3.58. The molecule has 0 amide bonds. The molecule has 0 aliphatic heterocycles. The van der Waals surface area contributed by atoms with E-state index in [0.717, 1.165) is 0 Å². The summed E-state index contributed by atoms with van der Waals surface area (Å²) in [6.45, 7) is 7.75. The fourth-order valence-electron chi connectivity index (χ4n) is 0. The van der Waals surface area contributed by atoms with Crippen LogP contribution in [-0.4, -0.2) is 5.48 Å². The molecule has 0 heterocycles. The van der Waals surface area contributed by atoms with Gasteiger partial charge in [-0.05, 0) is 0 Å². The third kappa shape index (κ3) is 139. The van der Waals surface area contributed by atoms with Crippen molar-refractivity contribution in [2.24, 2.45) is 5.92 Å². The maximum Gasteiger partial charge on any atom is 0 e. The molecule has 2 N–H and O–H groups in total. The molecule has 1 nitrogen and oxygen atoms in total. The monoisotopic (exact) mass is 123 g/mol. The Kier molecular flexibility index (Phi) is 24.4. The minimum atomic E-state index is 0. The van der Waals surface area contributed by atoms with Gasteiger partial charge in [-0.2, -0.15) is 5.92 Å². The fraction of sp³-hybridized carbons (Fsp3) is 0.750. The summed E-state index contributed by atoms with van der Waals surface area (Å²) in [5, 5.41) is 0. The summed E-state index contributed by atoms with van der Waals surface area (Å²) in [5.74, 6) is 0.583. The summed E-state index contributed by atoms with van der Waals surface area (Å²) >= 11 is 0. The van der Waals surface area contributed by atoms with Crippen LogP contribution >= 0.6 is 0 Å². The van der Waals surface area contributed by atoms with Crippen molar-refractivity contribution in [2.75, 3.05) is 0 Å². The van der Waals surface area contributed by atoms with Gasteiger partial charge in [0, 0.05) is 21.7 Å². The van der Waals surface area contributed by atoms with Crippen molar-refractivity contribution < 1.29 is 27.2 Å². The van der Waals surface area contributed by atoms with Crippen molar-refractivity contribution >= 4 is 0 Å². The molecule has 2 heteroatoms. The Labute approximate surface area is 54.3 Å². The first-order valence-corrected chi connectivity index (χ1v) is 1.56. The van der Waals surface area contributed by atoms with Gasteiger partial charge in [-0.3, -0.25) is 0 Å². The van der Waals surface area contributed by atoms with Crippen LogP contribution in [0.2, 0.25) is 0 Å². The maximum absolute atomic E-state index is 3.64. The summed E-state index contributed by atoms with van der Waals surface area (Å²) in [4.78, 5) is 0. The number of hydrogen-bond donors (Lipinski definition) is 0. The van der Waals surface area contributed by atoms with E-state index >= 15 is 0 Å². The van der Waals surface area contributed by atoms with Crippen LogP contribution in [-0.2, 0) is 21.7 Å². The van der Waals surface area contributed by atoms with E-state index in [2.05, 4.69) is 20.8 Å². The van der Waals surface area contributed by atoms with Crippen molar-refractivity contribution in [1.82, 2.24) is 0 Å². The van der Waals surface area contributed by atoms with Gasteiger partial charge < -0.3 is 12.4 Å². The molecule has 38 valence electrons. The Hall–Kier alpha value is 0.674. The van der Waals surface area contributed by atoms with E-state index in [1.807, 2.05) is 0 Å². The maximum atomic E-state index is 3.64. The van der Waals surface area contributed by atoms with Crippen LogP contribution in [0.5, 0.6) is 0 Å². The second-order valence-corrected chi connectivity index (χ2v) is 1.39. The average Bonchev–Trinajstić information content (AvgIpc) is 0.811. The molecule has 0 bridgehead atoms. The zero-order valence-corrected chi connectivity index (χ0v) is 5.85. The Bertz CT molecular complexity index is 12.3. The predicted octanol–water partition coefficient (Wildman–Crippen LogP) is 0.649. The van der Waals surface area contributed by atoms with E-state index in [0.29, 0.717) is 5.92 Å². The van der Waals surface area contributed by atoms with Gasteiger partial charge in [0.15, 0.2) is 0 Å². The molecule has 0 radical (unpaired) electrons. The van der Waals surface area contributed by atoms with E-state index in [9.17, 15) is 0 Å². The van der Waals surface area contributed by atoms with Crippen LogP contribution in [0.4, 0.5) is 0 Å². The Morgan fingerprint density at radius 3 is 1.33 bits per heavy atom. The van der Waals surface area contributed by atoms with E-state index in [4.69, 9.17) is 0 Å². The van der Waals surface area contributed by atoms with Crippen LogP contribution < -0.4 is 0 Å². The van der Waals surface area contributed by atoms with Crippen molar-refractivity contribution in [3.8, 4) is 0 Å². The Balaban J connectivity index is -0.0000000450. The Morgan fingerprint density at radius 2 is 1.33 bits per heavy atom. The van der Waals surface area contributed by atoms with Gasteiger partial charge in [-0.25, -0.2) is 0 Å². The van der Waals surface area contributed by atoms with Gasteiger partial charge in [0.05, 0.1) is 0 Å². The Morgan fingerprint density at radius 1 is 1.33 bits per heavy atom. The quantitative estimate of drug-likeness (QED) is 0.334. The minimum Gasteiger partial charge on any atom is -0.412 e. The smallest absolute Gasteiger partial charge is 0 e. The van der Waals surface area contributed by atoms with Gasteiger partial charge in [0.25, 0.3) is 0 Å². The molecule has 0 atom stereocenters. The largest absolute Gasteiger partial charge is 0.412 e. The molecule has 0 aromatic heterocycles. The number of hydrogen-bond acceptors (Lipinski definition) is 0. The molecule has 0 aromatic rings. The summed E-state index contributed by atoms with van der Waals surface area (Å²) in [7, 11) is 0. The second-order valence-electron chi connectivity index (χ2n) is 1.39. The predicted molar refractivity (Wildman–Crippen MR) is 23.8 cm³/mol. The normalized spacial score (nSPS) is 6.00. The first-order chi connectivity index (χ1) is 1.73. The summed E-state index contributed by atoms with van der Waals surface area (Å²) in [6, 6.07) is 0. The van der Waals surface area contributed by atoms with Gasteiger partial charge in [0.2, 0.25) is 0 Å². The summed E-state index contributed by atoms with van der Waals surface area (Å²) in [5.41, 5.74) is 0. The average molecular weight is 123 g/mol. The van der Waals surface area contributed by atoms with Gasteiger partial charge in [-0.15, -0.1) is 0 Å². The third-order valence-electron chi connectivity index (χ3n) is 0. The molecule has 6 heavy (non-hydrogen) atoms. The van der Waals surface area contributed by atoms with E-state index in [-0.39, 0.29) is 27.2 Å².